The van der Waals surface area contributed by atoms with Crippen LogP contribution in [0.5, 0.6) is 5.75 Å². The molecule has 0 fully saturated rings. The van der Waals surface area contributed by atoms with Gasteiger partial charge >= 0.3 is 0 Å². The molecule has 0 saturated heterocycles. The minimum Gasteiger partial charge on any atom is -0.488 e. The predicted molar refractivity (Wildman–Crippen MR) is 123 cm³/mol. The van der Waals surface area contributed by atoms with Gasteiger partial charge in [-0.1, -0.05) is 47.5 Å². The van der Waals surface area contributed by atoms with Gasteiger partial charge in [-0.25, -0.2) is 4.39 Å². The van der Waals surface area contributed by atoms with E-state index in [-0.39, 0.29) is 11.3 Å². The van der Waals surface area contributed by atoms with Gasteiger partial charge in [0.25, 0.3) is 5.91 Å². The standard InChI is InChI=1S/C25H20BrFN2O2/c1-16-9-17(2)11-19(10-16)15-31-24-8-7-18(13-21(24)26)12-20(14-28)25(30)29-23-6-4-3-5-22(23)27/h3-13H,15H2,1-2H3,(H,29,30)/b20-12+. The molecule has 0 atom stereocenters. The Kier molecular flexibility index (Phi) is 7.22. The van der Waals surface area contributed by atoms with Gasteiger partial charge in [-0.05, 0) is 71.2 Å². The molecule has 0 spiro atoms. The molecule has 4 nitrogen and oxygen atoms in total. The van der Waals surface area contributed by atoms with E-state index in [9.17, 15) is 14.4 Å². The zero-order valence-corrected chi connectivity index (χ0v) is 18.7. The monoisotopic (exact) mass is 478 g/mol. The van der Waals surface area contributed by atoms with Gasteiger partial charge in [0.05, 0.1) is 10.2 Å². The molecule has 0 radical (unpaired) electrons. The highest BCUT2D eigenvalue weighted by molar-refractivity contribution is 9.10. The van der Waals surface area contributed by atoms with Crippen LogP contribution >= 0.6 is 15.9 Å². The summed E-state index contributed by atoms with van der Waals surface area (Å²) in [7, 11) is 0. The minimum atomic E-state index is -0.682. The Morgan fingerprint density at radius 1 is 1.13 bits per heavy atom. The van der Waals surface area contributed by atoms with Gasteiger partial charge in [-0.15, -0.1) is 0 Å². The molecular weight excluding hydrogens is 459 g/mol. The number of aryl methyl sites for hydroxylation is 2. The van der Waals surface area contributed by atoms with Crippen molar-refractivity contribution in [1.82, 2.24) is 0 Å². The first-order valence-corrected chi connectivity index (χ1v) is 10.3. The summed E-state index contributed by atoms with van der Waals surface area (Å²) < 4.78 is 20.3. The number of hydrogen-bond donors (Lipinski definition) is 1. The third-order valence-electron chi connectivity index (χ3n) is 4.43. The average molecular weight is 479 g/mol. The number of ether oxygens (including phenoxy) is 1. The minimum absolute atomic E-state index is 0.0185. The second-order valence-electron chi connectivity index (χ2n) is 7.08. The van der Waals surface area contributed by atoms with Crippen molar-refractivity contribution in [2.24, 2.45) is 0 Å². The van der Waals surface area contributed by atoms with E-state index in [4.69, 9.17) is 4.74 Å². The van der Waals surface area contributed by atoms with Crippen LogP contribution in [0.25, 0.3) is 6.08 Å². The topological polar surface area (TPSA) is 62.1 Å². The van der Waals surface area contributed by atoms with E-state index in [1.165, 1.54) is 35.4 Å². The molecule has 1 amide bonds. The summed E-state index contributed by atoms with van der Waals surface area (Å²) >= 11 is 3.47. The quantitative estimate of drug-likeness (QED) is 0.332. The Balaban J connectivity index is 1.73. The molecule has 0 aromatic heterocycles. The summed E-state index contributed by atoms with van der Waals surface area (Å²) in [6.45, 7) is 4.51. The molecule has 3 rings (SSSR count). The molecule has 156 valence electrons. The van der Waals surface area contributed by atoms with E-state index >= 15 is 0 Å². The fourth-order valence-corrected chi connectivity index (χ4v) is 3.62. The molecule has 3 aromatic rings. The second kappa shape index (κ2) is 10.1. The van der Waals surface area contributed by atoms with E-state index in [0.717, 1.165) is 5.56 Å². The number of rotatable bonds is 6. The lowest BCUT2D eigenvalue weighted by atomic mass is 10.1. The third kappa shape index (κ3) is 6.03. The first-order chi connectivity index (χ1) is 14.9. The van der Waals surface area contributed by atoms with Crippen LogP contribution < -0.4 is 10.1 Å². The van der Waals surface area contributed by atoms with Crippen LogP contribution in [-0.2, 0) is 11.4 Å². The highest BCUT2D eigenvalue weighted by Crippen LogP contribution is 2.28. The van der Waals surface area contributed by atoms with Crippen molar-refractivity contribution in [1.29, 1.82) is 5.26 Å². The number of amides is 1. The first kappa shape index (κ1) is 22.3. The lowest BCUT2D eigenvalue weighted by Crippen LogP contribution is -2.14. The highest BCUT2D eigenvalue weighted by Gasteiger charge is 2.12. The van der Waals surface area contributed by atoms with Crippen LogP contribution in [-0.4, -0.2) is 5.91 Å². The third-order valence-corrected chi connectivity index (χ3v) is 5.05. The van der Waals surface area contributed by atoms with Gasteiger partial charge in [0.1, 0.15) is 29.8 Å². The van der Waals surface area contributed by atoms with E-state index in [1.54, 1.807) is 24.3 Å². The van der Waals surface area contributed by atoms with Crippen LogP contribution in [0, 0.1) is 31.0 Å². The maximum absolute atomic E-state index is 13.7. The van der Waals surface area contributed by atoms with E-state index in [1.807, 2.05) is 19.9 Å². The van der Waals surface area contributed by atoms with Crippen molar-refractivity contribution in [3.05, 3.63) is 98.8 Å². The summed E-state index contributed by atoms with van der Waals surface area (Å²) in [5.41, 5.74) is 3.94. The van der Waals surface area contributed by atoms with Crippen LogP contribution in [0.4, 0.5) is 10.1 Å². The summed E-state index contributed by atoms with van der Waals surface area (Å²) in [5.74, 6) is -0.606. The number of carbonyl (C=O) groups excluding carboxylic acids is 1. The fraction of sp³-hybridized carbons (Fsp3) is 0.120. The Morgan fingerprint density at radius 2 is 1.84 bits per heavy atom. The van der Waals surface area contributed by atoms with Crippen LogP contribution in [0.1, 0.15) is 22.3 Å². The maximum atomic E-state index is 13.7. The summed E-state index contributed by atoms with van der Waals surface area (Å²) in [5, 5.41) is 11.8. The van der Waals surface area contributed by atoms with Gasteiger partial charge in [0.15, 0.2) is 0 Å². The number of nitrogens with one attached hydrogen (secondary N) is 1. The van der Waals surface area contributed by atoms with E-state index in [0.29, 0.717) is 22.4 Å². The molecule has 0 aliphatic rings. The van der Waals surface area contributed by atoms with E-state index in [2.05, 4.69) is 39.4 Å². The zero-order chi connectivity index (χ0) is 22.4. The number of benzene rings is 3. The van der Waals surface area contributed by atoms with Gasteiger partial charge < -0.3 is 10.1 Å². The van der Waals surface area contributed by atoms with Crippen molar-refractivity contribution < 1.29 is 13.9 Å². The molecule has 0 unspecified atom stereocenters. The number of nitrogens with zero attached hydrogens (tertiary/aromatic N) is 1. The Bertz CT molecular complexity index is 1180. The predicted octanol–water partition coefficient (Wildman–Crippen LogP) is 6.33. The maximum Gasteiger partial charge on any atom is 0.266 e. The number of carbonyl (C=O) groups is 1. The Hall–Kier alpha value is -3.43. The summed E-state index contributed by atoms with van der Waals surface area (Å²) in [4.78, 5) is 12.4. The molecule has 0 aliphatic heterocycles. The number of anilines is 1. The number of para-hydroxylation sites is 1. The van der Waals surface area contributed by atoms with Gasteiger partial charge in [0, 0.05) is 0 Å². The molecule has 6 heteroatoms. The number of hydrogen-bond acceptors (Lipinski definition) is 3. The van der Waals surface area contributed by atoms with Crippen LogP contribution in [0.3, 0.4) is 0 Å². The molecule has 0 aliphatic carbocycles. The van der Waals surface area contributed by atoms with E-state index < -0.39 is 11.7 Å². The fourth-order valence-electron chi connectivity index (χ4n) is 3.10. The van der Waals surface area contributed by atoms with Crippen molar-refractivity contribution >= 4 is 33.6 Å². The number of nitriles is 1. The van der Waals surface area contributed by atoms with Crippen molar-refractivity contribution in [3.8, 4) is 11.8 Å². The van der Waals surface area contributed by atoms with Gasteiger partial charge in [-0.2, -0.15) is 5.26 Å². The SMILES string of the molecule is Cc1cc(C)cc(COc2ccc(/C=C(\C#N)C(=O)Nc3ccccc3F)cc2Br)c1. The van der Waals surface area contributed by atoms with Crippen molar-refractivity contribution in [2.45, 2.75) is 20.5 Å². The molecule has 3 aromatic carbocycles. The smallest absolute Gasteiger partial charge is 0.266 e. The van der Waals surface area contributed by atoms with Crippen LogP contribution in [0.15, 0.2) is 70.7 Å². The second-order valence-corrected chi connectivity index (χ2v) is 7.93. The molecule has 31 heavy (non-hydrogen) atoms. The molecular formula is C25H20BrFN2O2. The Morgan fingerprint density at radius 3 is 2.48 bits per heavy atom. The molecule has 1 N–H and O–H groups in total. The van der Waals surface area contributed by atoms with Crippen LogP contribution in [0.2, 0.25) is 0 Å². The van der Waals surface area contributed by atoms with Gasteiger partial charge in [0.2, 0.25) is 0 Å². The molecule has 0 saturated carbocycles. The summed E-state index contributed by atoms with van der Waals surface area (Å²) in [6.07, 6.45) is 1.44. The van der Waals surface area contributed by atoms with Crippen molar-refractivity contribution in [3.63, 3.8) is 0 Å². The number of halogens is 2. The zero-order valence-electron chi connectivity index (χ0n) is 17.1. The summed E-state index contributed by atoms with van der Waals surface area (Å²) in [6, 6.07) is 19.2. The lowest BCUT2D eigenvalue weighted by molar-refractivity contribution is -0.112. The Labute approximate surface area is 189 Å². The highest BCUT2D eigenvalue weighted by atomic mass is 79.9. The van der Waals surface area contributed by atoms with Gasteiger partial charge in [-0.3, -0.25) is 4.79 Å². The molecule has 0 bridgehead atoms. The van der Waals surface area contributed by atoms with Crippen molar-refractivity contribution in [2.75, 3.05) is 5.32 Å². The lowest BCUT2D eigenvalue weighted by Gasteiger charge is -2.10. The normalized spacial score (nSPS) is 11.0. The first-order valence-electron chi connectivity index (χ1n) is 9.53. The average Bonchev–Trinajstić information content (AvgIpc) is 2.72. The largest absolute Gasteiger partial charge is 0.488 e. The molecule has 0 heterocycles.